The lowest BCUT2D eigenvalue weighted by Crippen LogP contribution is -2.05. The minimum atomic E-state index is -0.597. The van der Waals surface area contributed by atoms with E-state index in [1.54, 1.807) is 12.1 Å². The van der Waals surface area contributed by atoms with E-state index in [1.165, 1.54) is 34.4 Å². The maximum atomic E-state index is 12.9. The lowest BCUT2D eigenvalue weighted by Gasteiger charge is -2.16. The van der Waals surface area contributed by atoms with Gasteiger partial charge in [0.05, 0.1) is 6.10 Å². The van der Waals surface area contributed by atoms with Gasteiger partial charge in [-0.15, -0.1) is 0 Å². The van der Waals surface area contributed by atoms with Crippen LogP contribution < -0.4 is 0 Å². The van der Waals surface area contributed by atoms with Crippen LogP contribution in [0, 0.1) is 26.6 Å². The largest absolute Gasteiger partial charge is 0.388 e. The van der Waals surface area contributed by atoms with Crippen LogP contribution in [0.25, 0.3) is 0 Å². The number of hydrogen-bond donors (Lipinski definition) is 1. The first-order valence-electron chi connectivity index (χ1n) is 6.47. The summed E-state index contributed by atoms with van der Waals surface area (Å²) in [5.74, 6) is -0.279. The first-order chi connectivity index (χ1) is 8.97. The minimum Gasteiger partial charge on any atom is -0.388 e. The Morgan fingerprint density at radius 3 is 2.05 bits per heavy atom. The summed E-state index contributed by atoms with van der Waals surface area (Å²) in [6, 6.07) is 10.3. The fourth-order valence-corrected chi connectivity index (χ4v) is 2.53. The van der Waals surface area contributed by atoms with Crippen molar-refractivity contribution >= 4 is 0 Å². The zero-order valence-electron chi connectivity index (χ0n) is 11.6. The Kier molecular flexibility index (Phi) is 4.01. The van der Waals surface area contributed by atoms with E-state index >= 15 is 0 Å². The van der Waals surface area contributed by atoms with Gasteiger partial charge in [-0.1, -0.05) is 29.8 Å². The Bertz CT molecular complexity index is 549. The molecule has 0 aliphatic rings. The van der Waals surface area contributed by atoms with E-state index in [2.05, 4.69) is 32.9 Å². The molecule has 2 aromatic carbocycles. The van der Waals surface area contributed by atoms with Crippen LogP contribution in [0.15, 0.2) is 36.4 Å². The van der Waals surface area contributed by atoms with Gasteiger partial charge in [-0.3, -0.25) is 0 Å². The first-order valence-corrected chi connectivity index (χ1v) is 6.47. The molecule has 2 rings (SSSR count). The molecule has 0 saturated heterocycles. The first kappa shape index (κ1) is 13.8. The smallest absolute Gasteiger partial charge is 0.123 e. The molecule has 0 heterocycles. The molecule has 1 unspecified atom stereocenters. The maximum absolute atomic E-state index is 12.9. The molecule has 2 heteroatoms. The number of aryl methyl sites for hydroxylation is 3. The van der Waals surface area contributed by atoms with Gasteiger partial charge in [0.15, 0.2) is 0 Å². The highest BCUT2D eigenvalue weighted by Gasteiger charge is 2.12. The van der Waals surface area contributed by atoms with E-state index in [0.29, 0.717) is 6.42 Å². The molecule has 19 heavy (non-hydrogen) atoms. The summed E-state index contributed by atoms with van der Waals surface area (Å²) in [6.45, 7) is 6.19. The molecule has 0 bridgehead atoms. The Morgan fingerprint density at radius 2 is 1.53 bits per heavy atom. The summed E-state index contributed by atoms with van der Waals surface area (Å²) in [7, 11) is 0. The fraction of sp³-hybridized carbons (Fsp3) is 0.294. The maximum Gasteiger partial charge on any atom is 0.123 e. The van der Waals surface area contributed by atoms with Gasteiger partial charge in [-0.05, 0) is 55.2 Å². The average Bonchev–Trinajstić information content (AvgIpc) is 2.34. The minimum absolute atomic E-state index is 0.279. The highest BCUT2D eigenvalue weighted by Crippen LogP contribution is 2.24. The van der Waals surface area contributed by atoms with E-state index in [1.807, 2.05) is 0 Å². The van der Waals surface area contributed by atoms with Gasteiger partial charge in [0.1, 0.15) is 5.82 Å². The van der Waals surface area contributed by atoms with Crippen LogP contribution in [0.5, 0.6) is 0 Å². The van der Waals surface area contributed by atoms with Crippen molar-refractivity contribution in [1.82, 2.24) is 0 Å². The number of halogens is 1. The van der Waals surface area contributed by atoms with Crippen molar-refractivity contribution in [3.05, 3.63) is 70.0 Å². The van der Waals surface area contributed by atoms with Crippen molar-refractivity contribution in [3.8, 4) is 0 Å². The van der Waals surface area contributed by atoms with Crippen LogP contribution in [-0.4, -0.2) is 5.11 Å². The summed E-state index contributed by atoms with van der Waals surface area (Å²) in [5.41, 5.74) is 5.54. The molecule has 0 aliphatic heterocycles. The predicted octanol–water partition coefficient (Wildman–Crippen LogP) is 4.03. The van der Waals surface area contributed by atoms with Gasteiger partial charge in [0, 0.05) is 6.42 Å². The molecule has 2 aromatic rings. The Hall–Kier alpha value is -1.67. The van der Waals surface area contributed by atoms with Crippen LogP contribution in [0.1, 0.15) is 33.9 Å². The lowest BCUT2D eigenvalue weighted by atomic mass is 9.93. The molecular weight excluding hydrogens is 239 g/mol. The number of benzene rings is 2. The van der Waals surface area contributed by atoms with Crippen LogP contribution >= 0.6 is 0 Å². The van der Waals surface area contributed by atoms with E-state index < -0.39 is 6.10 Å². The fourth-order valence-electron chi connectivity index (χ4n) is 2.53. The molecule has 0 amide bonds. The predicted molar refractivity (Wildman–Crippen MR) is 75.7 cm³/mol. The van der Waals surface area contributed by atoms with Crippen LogP contribution in [0.3, 0.4) is 0 Å². The standard InChI is InChI=1S/C17H19FO/c1-11-8-12(2)16(13(3)9-11)10-17(19)14-4-6-15(18)7-5-14/h4-9,17,19H,10H2,1-3H3. The Morgan fingerprint density at radius 1 is 1.00 bits per heavy atom. The van der Waals surface area contributed by atoms with Gasteiger partial charge < -0.3 is 5.11 Å². The van der Waals surface area contributed by atoms with Crippen molar-refractivity contribution in [3.63, 3.8) is 0 Å². The highest BCUT2D eigenvalue weighted by molar-refractivity contribution is 5.38. The second kappa shape index (κ2) is 5.54. The third-order valence-corrected chi connectivity index (χ3v) is 3.49. The van der Waals surface area contributed by atoms with Crippen LogP contribution in [0.4, 0.5) is 4.39 Å². The van der Waals surface area contributed by atoms with Gasteiger partial charge in [-0.2, -0.15) is 0 Å². The second-order valence-corrected chi connectivity index (χ2v) is 5.15. The molecule has 1 atom stereocenters. The highest BCUT2D eigenvalue weighted by atomic mass is 19.1. The number of rotatable bonds is 3. The van der Waals surface area contributed by atoms with E-state index in [9.17, 15) is 9.50 Å². The number of aliphatic hydroxyl groups excluding tert-OH is 1. The van der Waals surface area contributed by atoms with E-state index in [4.69, 9.17) is 0 Å². The van der Waals surface area contributed by atoms with E-state index in [0.717, 1.165) is 5.56 Å². The summed E-state index contributed by atoms with van der Waals surface area (Å²) in [5, 5.41) is 10.3. The van der Waals surface area contributed by atoms with Crippen molar-refractivity contribution in [2.24, 2.45) is 0 Å². The average molecular weight is 258 g/mol. The summed E-state index contributed by atoms with van der Waals surface area (Å²) < 4.78 is 12.9. The topological polar surface area (TPSA) is 20.2 Å². The molecule has 0 saturated carbocycles. The molecule has 0 fully saturated rings. The van der Waals surface area contributed by atoms with Crippen molar-refractivity contribution in [2.75, 3.05) is 0 Å². The molecule has 0 radical (unpaired) electrons. The summed E-state index contributed by atoms with van der Waals surface area (Å²) in [4.78, 5) is 0. The van der Waals surface area contributed by atoms with Gasteiger partial charge in [0.2, 0.25) is 0 Å². The quantitative estimate of drug-likeness (QED) is 0.881. The summed E-state index contributed by atoms with van der Waals surface area (Å²) in [6.07, 6.45) is -0.0375. The molecule has 0 aliphatic carbocycles. The normalized spacial score (nSPS) is 12.5. The zero-order valence-corrected chi connectivity index (χ0v) is 11.6. The Balaban J connectivity index is 2.24. The Labute approximate surface area is 113 Å². The van der Waals surface area contributed by atoms with Crippen LogP contribution in [0.2, 0.25) is 0 Å². The zero-order chi connectivity index (χ0) is 14.0. The van der Waals surface area contributed by atoms with Gasteiger partial charge in [-0.25, -0.2) is 4.39 Å². The molecule has 1 N–H and O–H groups in total. The monoisotopic (exact) mass is 258 g/mol. The van der Waals surface area contributed by atoms with Crippen molar-refractivity contribution in [2.45, 2.75) is 33.3 Å². The third-order valence-electron chi connectivity index (χ3n) is 3.49. The van der Waals surface area contributed by atoms with Crippen molar-refractivity contribution in [1.29, 1.82) is 0 Å². The number of aliphatic hydroxyl groups is 1. The third kappa shape index (κ3) is 3.21. The molecule has 100 valence electrons. The molecule has 0 spiro atoms. The molecule has 0 aromatic heterocycles. The molecular formula is C17H19FO. The van der Waals surface area contributed by atoms with Crippen LogP contribution in [-0.2, 0) is 6.42 Å². The SMILES string of the molecule is Cc1cc(C)c(CC(O)c2ccc(F)cc2)c(C)c1. The molecule has 1 nitrogen and oxygen atoms in total. The van der Waals surface area contributed by atoms with Gasteiger partial charge in [0.25, 0.3) is 0 Å². The van der Waals surface area contributed by atoms with E-state index in [-0.39, 0.29) is 5.82 Å². The van der Waals surface area contributed by atoms with Crippen molar-refractivity contribution < 1.29 is 9.50 Å². The van der Waals surface area contributed by atoms with Gasteiger partial charge >= 0.3 is 0 Å². The number of hydrogen-bond acceptors (Lipinski definition) is 1. The summed E-state index contributed by atoms with van der Waals surface area (Å²) >= 11 is 0. The second-order valence-electron chi connectivity index (χ2n) is 5.15. The lowest BCUT2D eigenvalue weighted by molar-refractivity contribution is 0.178.